The molecule has 25 heavy (non-hydrogen) atoms. The van der Waals surface area contributed by atoms with Gasteiger partial charge in [0.2, 0.25) is 5.41 Å². The third kappa shape index (κ3) is 1.61. The second-order valence-electron chi connectivity index (χ2n) is 5.80. The summed E-state index contributed by atoms with van der Waals surface area (Å²) in [7, 11) is 0. The Balaban J connectivity index is 2.16. The third-order valence-corrected chi connectivity index (χ3v) is 4.67. The number of carbonyl (C=O) groups excluding carboxylic acids is 1. The molecule has 0 bridgehead atoms. The van der Waals surface area contributed by atoms with E-state index in [1.54, 1.807) is 0 Å². The molecule has 1 aromatic rings. The number of rotatable bonds is 1. The van der Waals surface area contributed by atoms with Gasteiger partial charge in [0, 0.05) is 24.3 Å². The fourth-order valence-electron chi connectivity index (χ4n) is 3.69. The second-order valence-corrected chi connectivity index (χ2v) is 5.80. The monoisotopic (exact) mass is 342 g/mol. The summed E-state index contributed by atoms with van der Waals surface area (Å²) >= 11 is 0. The summed E-state index contributed by atoms with van der Waals surface area (Å²) in [5, 5.41) is 26.9. The SMILES string of the molecule is N#CC1=C(N)N2CCNC2=C([N+](=O)[O-])C12C(=O)Nc1ccc(F)cc12. The first kappa shape index (κ1) is 14.9. The molecule has 1 unspecified atom stereocenters. The first-order valence-electron chi connectivity index (χ1n) is 7.35. The topological polar surface area (TPSA) is 137 Å². The Morgan fingerprint density at radius 2 is 2.24 bits per heavy atom. The molecule has 4 N–H and O–H groups in total. The summed E-state index contributed by atoms with van der Waals surface area (Å²) in [6.45, 7) is 0.678. The lowest BCUT2D eigenvalue weighted by Gasteiger charge is -2.34. The lowest BCUT2D eigenvalue weighted by molar-refractivity contribution is -0.435. The van der Waals surface area contributed by atoms with Gasteiger partial charge in [-0.3, -0.25) is 14.9 Å². The van der Waals surface area contributed by atoms with Gasteiger partial charge < -0.3 is 21.3 Å². The van der Waals surface area contributed by atoms with Crippen molar-refractivity contribution in [3.05, 3.63) is 62.6 Å². The van der Waals surface area contributed by atoms with E-state index >= 15 is 0 Å². The summed E-state index contributed by atoms with van der Waals surface area (Å²) in [5.74, 6) is -1.49. The van der Waals surface area contributed by atoms with Crippen molar-refractivity contribution in [2.75, 3.05) is 18.4 Å². The average molecular weight is 342 g/mol. The van der Waals surface area contributed by atoms with Crippen molar-refractivity contribution in [3.8, 4) is 6.07 Å². The highest BCUT2D eigenvalue weighted by atomic mass is 19.1. The van der Waals surface area contributed by atoms with E-state index in [9.17, 15) is 24.6 Å². The van der Waals surface area contributed by atoms with Crippen molar-refractivity contribution < 1.29 is 14.1 Å². The number of benzene rings is 1. The summed E-state index contributed by atoms with van der Waals surface area (Å²) in [5.41, 5.74) is 3.36. The summed E-state index contributed by atoms with van der Waals surface area (Å²) in [6.07, 6.45) is 0. The van der Waals surface area contributed by atoms with E-state index in [0.29, 0.717) is 13.1 Å². The van der Waals surface area contributed by atoms with E-state index in [1.807, 2.05) is 6.07 Å². The van der Waals surface area contributed by atoms with Crippen molar-refractivity contribution in [2.24, 2.45) is 5.73 Å². The summed E-state index contributed by atoms with van der Waals surface area (Å²) in [6, 6.07) is 5.29. The Morgan fingerprint density at radius 1 is 1.48 bits per heavy atom. The molecule has 3 aliphatic rings. The van der Waals surface area contributed by atoms with Crippen molar-refractivity contribution in [1.82, 2.24) is 10.2 Å². The smallest absolute Gasteiger partial charge is 0.311 e. The molecule has 0 aliphatic carbocycles. The molecular formula is C15H11FN6O3. The van der Waals surface area contributed by atoms with Gasteiger partial charge >= 0.3 is 5.70 Å². The quantitative estimate of drug-likeness (QED) is 0.485. The van der Waals surface area contributed by atoms with E-state index in [4.69, 9.17) is 5.73 Å². The summed E-state index contributed by atoms with van der Waals surface area (Å²) in [4.78, 5) is 25.5. The molecule has 1 fully saturated rings. The number of nitro groups is 1. The molecule has 1 spiro atoms. The second kappa shape index (κ2) is 4.70. The van der Waals surface area contributed by atoms with Crippen LogP contribution in [0.3, 0.4) is 0 Å². The van der Waals surface area contributed by atoms with E-state index in [1.165, 1.54) is 11.0 Å². The molecule has 0 saturated carbocycles. The zero-order valence-corrected chi connectivity index (χ0v) is 12.7. The normalized spacial score (nSPS) is 24.0. The Hall–Kier alpha value is -3.61. The molecule has 1 saturated heterocycles. The van der Waals surface area contributed by atoms with Gasteiger partial charge in [-0.25, -0.2) is 4.39 Å². The van der Waals surface area contributed by atoms with Crippen LogP contribution in [0.4, 0.5) is 10.1 Å². The van der Waals surface area contributed by atoms with Crippen molar-refractivity contribution >= 4 is 11.6 Å². The molecular weight excluding hydrogens is 331 g/mol. The van der Waals surface area contributed by atoms with Crippen LogP contribution >= 0.6 is 0 Å². The van der Waals surface area contributed by atoms with Crippen LogP contribution in [0.25, 0.3) is 0 Å². The zero-order valence-electron chi connectivity index (χ0n) is 12.7. The van der Waals surface area contributed by atoms with Gasteiger partial charge in [0.1, 0.15) is 23.3 Å². The molecule has 3 heterocycles. The van der Waals surface area contributed by atoms with E-state index < -0.39 is 27.8 Å². The van der Waals surface area contributed by atoms with Gasteiger partial charge in [0.15, 0.2) is 5.82 Å². The molecule has 126 valence electrons. The Labute approximate surface area is 140 Å². The van der Waals surface area contributed by atoms with E-state index in [2.05, 4.69) is 10.6 Å². The van der Waals surface area contributed by atoms with Gasteiger partial charge in [0.05, 0.1) is 4.92 Å². The minimum absolute atomic E-state index is 0.00421. The van der Waals surface area contributed by atoms with Crippen LogP contribution in [0.5, 0.6) is 0 Å². The van der Waals surface area contributed by atoms with Gasteiger partial charge in [0.25, 0.3) is 5.91 Å². The Bertz CT molecular complexity index is 963. The third-order valence-electron chi connectivity index (χ3n) is 4.67. The van der Waals surface area contributed by atoms with E-state index in [-0.39, 0.29) is 28.5 Å². The molecule has 9 nitrogen and oxygen atoms in total. The van der Waals surface area contributed by atoms with Crippen LogP contribution in [0.2, 0.25) is 0 Å². The number of nitriles is 1. The fourth-order valence-corrected chi connectivity index (χ4v) is 3.69. The number of nitrogens with zero attached hydrogens (tertiary/aromatic N) is 3. The highest BCUT2D eigenvalue weighted by Gasteiger charge is 2.64. The molecule has 1 amide bonds. The highest BCUT2D eigenvalue weighted by Crippen LogP contribution is 2.52. The molecule has 4 rings (SSSR count). The van der Waals surface area contributed by atoms with Crippen LogP contribution in [-0.4, -0.2) is 28.8 Å². The first-order chi connectivity index (χ1) is 11.9. The number of hydrogen-bond acceptors (Lipinski definition) is 7. The van der Waals surface area contributed by atoms with Crippen LogP contribution in [-0.2, 0) is 10.2 Å². The van der Waals surface area contributed by atoms with Crippen molar-refractivity contribution in [3.63, 3.8) is 0 Å². The van der Waals surface area contributed by atoms with Crippen LogP contribution in [0.15, 0.2) is 41.1 Å². The Morgan fingerprint density at radius 3 is 2.92 bits per heavy atom. The number of fused-ring (bicyclic) bond motifs is 3. The number of nitrogens with one attached hydrogen (secondary N) is 2. The number of nitrogens with two attached hydrogens (primary N) is 1. The molecule has 0 aromatic heterocycles. The number of amides is 1. The maximum atomic E-state index is 13.9. The number of carbonyl (C=O) groups is 1. The van der Waals surface area contributed by atoms with Crippen LogP contribution in [0, 0.1) is 27.3 Å². The molecule has 3 aliphatic heterocycles. The summed E-state index contributed by atoms with van der Waals surface area (Å²) < 4.78 is 13.9. The van der Waals surface area contributed by atoms with Gasteiger partial charge in [-0.15, -0.1) is 0 Å². The van der Waals surface area contributed by atoms with E-state index in [0.717, 1.165) is 12.1 Å². The zero-order chi connectivity index (χ0) is 17.9. The maximum Gasteiger partial charge on any atom is 0.311 e. The van der Waals surface area contributed by atoms with Crippen molar-refractivity contribution in [1.29, 1.82) is 5.26 Å². The van der Waals surface area contributed by atoms with Gasteiger partial charge in [-0.2, -0.15) is 5.26 Å². The molecule has 10 heteroatoms. The number of hydrogen-bond donors (Lipinski definition) is 3. The molecule has 1 aromatic carbocycles. The van der Waals surface area contributed by atoms with Crippen LogP contribution < -0.4 is 16.4 Å². The van der Waals surface area contributed by atoms with Crippen LogP contribution in [0.1, 0.15) is 5.56 Å². The van der Waals surface area contributed by atoms with Gasteiger partial charge in [-0.05, 0) is 18.2 Å². The predicted octanol–water partition coefficient (Wildman–Crippen LogP) is 0.0741. The maximum absolute atomic E-state index is 13.9. The lowest BCUT2D eigenvalue weighted by Crippen LogP contribution is -2.49. The first-order valence-corrected chi connectivity index (χ1v) is 7.35. The highest BCUT2D eigenvalue weighted by molar-refractivity contribution is 6.11. The fraction of sp³-hybridized carbons (Fsp3) is 0.200. The minimum Gasteiger partial charge on any atom is -0.384 e. The molecule has 0 radical (unpaired) electrons. The molecule has 1 atom stereocenters. The number of halogens is 1. The standard InChI is InChI=1S/C15H11FN6O3/c16-7-1-2-10-8(5-7)15(14(23)20-10)9(6-17)12(18)21-4-3-19-13(21)11(15)22(24)25/h1-2,5,19H,3-4,18H2,(H,20,23). The van der Waals surface area contributed by atoms with Gasteiger partial charge in [-0.1, -0.05) is 0 Å². The number of anilines is 1. The Kier molecular flexibility index (Phi) is 2.81. The predicted molar refractivity (Wildman–Crippen MR) is 82.3 cm³/mol. The van der Waals surface area contributed by atoms with Crippen molar-refractivity contribution in [2.45, 2.75) is 5.41 Å². The minimum atomic E-state index is -2.09. The largest absolute Gasteiger partial charge is 0.384 e. The lowest BCUT2D eigenvalue weighted by atomic mass is 9.71. The average Bonchev–Trinajstić information content (AvgIpc) is 3.13.